The van der Waals surface area contributed by atoms with Crippen LogP contribution in [0.5, 0.6) is 5.75 Å². The van der Waals surface area contributed by atoms with Crippen molar-refractivity contribution < 1.29 is 4.74 Å². The zero-order chi connectivity index (χ0) is 14.2. The predicted octanol–water partition coefficient (Wildman–Crippen LogP) is 3.30. The van der Waals surface area contributed by atoms with Gasteiger partial charge in [-0.15, -0.1) is 0 Å². The van der Waals surface area contributed by atoms with E-state index in [0.29, 0.717) is 6.04 Å². The van der Waals surface area contributed by atoms with Crippen LogP contribution in [0.1, 0.15) is 39.2 Å². The SMILES string of the molecule is CC(C)N1CCCC1(C)COc1cccc2c1NCC2. The van der Waals surface area contributed by atoms with Crippen molar-refractivity contribution in [2.45, 2.75) is 51.6 Å². The van der Waals surface area contributed by atoms with E-state index in [1.54, 1.807) is 0 Å². The summed E-state index contributed by atoms with van der Waals surface area (Å²) in [6, 6.07) is 6.98. The highest BCUT2D eigenvalue weighted by molar-refractivity contribution is 5.65. The number of likely N-dealkylation sites (tertiary alicyclic amines) is 1. The fourth-order valence-electron chi connectivity index (χ4n) is 3.74. The van der Waals surface area contributed by atoms with Gasteiger partial charge < -0.3 is 10.1 Å². The molecule has 0 radical (unpaired) electrons. The van der Waals surface area contributed by atoms with Crippen molar-refractivity contribution in [3.63, 3.8) is 0 Å². The minimum atomic E-state index is 0.176. The first-order valence-electron chi connectivity index (χ1n) is 7.85. The van der Waals surface area contributed by atoms with Gasteiger partial charge in [0.25, 0.3) is 0 Å². The molecule has 3 nitrogen and oxygen atoms in total. The molecule has 3 rings (SSSR count). The Balaban J connectivity index is 1.72. The minimum Gasteiger partial charge on any atom is -0.489 e. The Morgan fingerprint density at radius 1 is 1.40 bits per heavy atom. The molecule has 1 fully saturated rings. The molecule has 1 aromatic rings. The van der Waals surface area contributed by atoms with E-state index >= 15 is 0 Å². The molecule has 0 amide bonds. The van der Waals surface area contributed by atoms with Gasteiger partial charge in [-0.05, 0) is 58.2 Å². The molecule has 1 saturated heterocycles. The summed E-state index contributed by atoms with van der Waals surface area (Å²) in [5, 5.41) is 3.45. The molecule has 2 aliphatic rings. The summed E-state index contributed by atoms with van der Waals surface area (Å²) in [4.78, 5) is 2.59. The number of benzene rings is 1. The van der Waals surface area contributed by atoms with Crippen LogP contribution < -0.4 is 10.1 Å². The number of para-hydroxylation sites is 1. The van der Waals surface area contributed by atoms with E-state index in [-0.39, 0.29) is 5.54 Å². The van der Waals surface area contributed by atoms with Crippen LogP contribution in [0.3, 0.4) is 0 Å². The van der Waals surface area contributed by atoms with E-state index in [2.05, 4.69) is 49.2 Å². The van der Waals surface area contributed by atoms with Gasteiger partial charge in [-0.2, -0.15) is 0 Å². The highest BCUT2D eigenvalue weighted by atomic mass is 16.5. The zero-order valence-electron chi connectivity index (χ0n) is 12.9. The maximum atomic E-state index is 6.21. The Kier molecular flexibility index (Phi) is 3.63. The third kappa shape index (κ3) is 2.39. The van der Waals surface area contributed by atoms with E-state index in [1.165, 1.54) is 30.6 Å². The molecule has 110 valence electrons. The lowest BCUT2D eigenvalue weighted by atomic mass is 9.99. The predicted molar refractivity (Wildman–Crippen MR) is 83.6 cm³/mol. The number of ether oxygens (including phenoxy) is 1. The Bertz CT molecular complexity index is 486. The lowest BCUT2D eigenvalue weighted by molar-refractivity contribution is 0.0667. The van der Waals surface area contributed by atoms with Gasteiger partial charge in [0.15, 0.2) is 0 Å². The molecule has 0 aromatic heterocycles. The number of hydrogen-bond donors (Lipinski definition) is 1. The smallest absolute Gasteiger partial charge is 0.142 e. The first-order chi connectivity index (χ1) is 9.60. The summed E-state index contributed by atoms with van der Waals surface area (Å²) in [7, 11) is 0. The lowest BCUT2D eigenvalue weighted by Crippen LogP contribution is -2.49. The van der Waals surface area contributed by atoms with Crippen molar-refractivity contribution in [1.29, 1.82) is 0 Å². The second-order valence-corrected chi connectivity index (χ2v) is 6.64. The van der Waals surface area contributed by atoms with Crippen LogP contribution in [0.15, 0.2) is 18.2 Å². The van der Waals surface area contributed by atoms with Gasteiger partial charge in [-0.25, -0.2) is 0 Å². The van der Waals surface area contributed by atoms with Crippen LogP contribution in [0, 0.1) is 0 Å². The number of nitrogens with one attached hydrogen (secondary N) is 1. The topological polar surface area (TPSA) is 24.5 Å². The number of anilines is 1. The van der Waals surface area contributed by atoms with Crippen LogP contribution in [-0.4, -0.2) is 36.2 Å². The second-order valence-electron chi connectivity index (χ2n) is 6.64. The van der Waals surface area contributed by atoms with Gasteiger partial charge in [0.1, 0.15) is 12.4 Å². The van der Waals surface area contributed by atoms with Gasteiger partial charge in [0.2, 0.25) is 0 Å². The summed E-state index contributed by atoms with van der Waals surface area (Å²) in [5.41, 5.74) is 2.78. The van der Waals surface area contributed by atoms with E-state index in [0.717, 1.165) is 25.3 Å². The molecular formula is C17H26N2O. The molecule has 0 bridgehead atoms. The standard InChI is InChI=1S/C17H26N2O/c1-13(2)19-11-5-9-17(19,3)12-20-15-7-4-6-14-8-10-18-16(14)15/h4,6-7,13,18H,5,8-12H2,1-3H3. The molecule has 20 heavy (non-hydrogen) atoms. The number of nitrogens with zero attached hydrogens (tertiary/aromatic N) is 1. The molecule has 1 unspecified atom stereocenters. The van der Waals surface area contributed by atoms with Crippen molar-refractivity contribution in [1.82, 2.24) is 4.90 Å². The van der Waals surface area contributed by atoms with E-state index < -0.39 is 0 Å². The Labute approximate surface area is 122 Å². The first kappa shape index (κ1) is 13.7. The summed E-state index contributed by atoms with van der Waals surface area (Å²) in [6.07, 6.45) is 3.62. The van der Waals surface area contributed by atoms with Crippen molar-refractivity contribution >= 4 is 5.69 Å². The molecule has 1 aromatic carbocycles. The van der Waals surface area contributed by atoms with Crippen molar-refractivity contribution in [2.75, 3.05) is 25.0 Å². The zero-order valence-corrected chi connectivity index (χ0v) is 12.9. The van der Waals surface area contributed by atoms with Gasteiger partial charge in [-0.3, -0.25) is 4.90 Å². The number of hydrogen-bond acceptors (Lipinski definition) is 3. The van der Waals surface area contributed by atoms with Crippen molar-refractivity contribution in [3.8, 4) is 5.75 Å². The molecular weight excluding hydrogens is 248 g/mol. The summed E-state index contributed by atoms with van der Waals surface area (Å²) in [6.45, 7) is 9.92. The third-order valence-electron chi connectivity index (χ3n) is 4.78. The quantitative estimate of drug-likeness (QED) is 0.911. The second kappa shape index (κ2) is 5.28. The summed E-state index contributed by atoms with van der Waals surface area (Å²) in [5.74, 6) is 1.02. The van der Waals surface area contributed by atoms with Crippen molar-refractivity contribution in [3.05, 3.63) is 23.8 Å². The average Bonchev–Trinajstić information content (AvgIpc) is 3.03. The Morgan fingerprint density at radius 2 is 2.25 bits per heavy atom. The maximum absolute atomic E-state index is 6.21. The maximum Gasteiger partial charge on any atom is 0.142 e. The normalized spacial score (nSPS) is 25.8. The van der Waals surface area contributed by atoms with Gasteiger partial charge in [-0.1, -0.05) is 12.1 Å². The van der Waals surface area contributed by atoms with E-state index in [1.807, 2.05) is 0 Å². The van der Waals surface area contributed by atoms with Crippen LogP contribution in [-0.2, 0) is 6.42 Å². The molecule has 0 spiro atoms. The van der Waals surface area contributed by atoms with Gasteiger partial charge in [0, 0.05) is 12.6 Å². The highest BCUT2D eigenvalue weighted by Gasteiger charge is 2.38. The number of fused-ring (bicyclic) bond motifs is 1. The van der Waals surface area contributed by atoms with Crippen LogP contribution >= 0.6 is 0 Å². The molecule has 2 heterocycles. The van der Waals surface area contributed by atoms with Crippen molar-refractivity contribution in [2.24, 2.45) is 0 Å². The lowest BCUT2D eigenvalue weighted by Gasteiger charge is -2.38. The average molecular weight is 274 g/mol. The van der Waals surface area contributed by atoms with E-state index in [9.17, 15) is 0 Å². The molecule has 0 saturated carbocycles. The van der Waals surface area contributed by atoms with Crippen LogP contribution in [0.25, 0.3) is 0 Å². The molecule has 2 aliphatic heterocycles. The van der Waals surface area contributed by atoms with Crippen LogP contribution in [0.4, 0.5) is 5.69 Å². The molecule has 3 heteroatoms. The number of rotatable bonds is 4. The molecule has 0 aliphatic carbocycles. The third-order valence-corrected chi connectivity index (χ3v) is 4.78. The fourth-order valence-corrected chi connectivity index (χ4v) is 3.74. The Morgan fingerprint density at radius 3 is 3.05 bits per heavy atom. The fraction of sp³-hybridized carbons (Fsp3) is 0.647. The van der Waals surface area contributed by atoms with Crippen LogP contribution in [0.2, 0.25) is 0 Å². The van der Waals surface area contributed by atoms with Gasteiger partial charge >= 0.3 is 0 Å². The molecule has 1 N–H and O–H groups in total. The highest BCUT2D eigenvalue weighted by Crippen LogP contribution is 2.35. The van der Waals surface area contributed by atoms with E-state index in [4.69, 9.17) is 4.74 Å². The summed E-state index contributed by atoms with van der Waals surface area (Å²) < 4.78 is 6.21. The summed E-state index contributed by atoms with van der Waals surface area (Å²) >= 11 is 0. The minimum absolute atomic E-state index is 0.176. The Hall–Kier alpha value is -1.22. The first-order valence-corrected chi connectivity index (χ1v) is 7.85. The monoisotopic (exact) mass is 274 g/mol. The largest absolute Gasteiger partial charge is 0.489 e. The van der Waals surface area contributed by atoms with Gasteiger partial charge in [0.05, 0.1) is 11.2 Å². The molecule has 1 atom stereocenters.